The summed E-state index contributed by atoms with van der Waals surface area (Å²) in [7, 11) is -3.37. The van der Waals surface area contributed by atoms with Crippen molar-refractivity contribution in [2.75, 3.05) is 26.2 Å². The zero-order valence-electron chi connectivity index (χ0n) is 14.7. The van der Waals surface area contributed by atoms with Crippen LogP contribution in [0.25, 0.3) is 0 Å². The smallest absolute Gasteiger partial charge is 0.317 e. The van der Waals surface area contributed by atoms with Gasteiger partial charge in [0, 0.05) is 32.2 Å². The third kappa shape index (κ3) is 5.21. The van der Waals surface area contributed by atoms with Gasteiger partial charge in [0.1, 0.15) is 0 Å². The number of sulfonamides is 1. The van der Waals surface area contributed by atoms with Crippen molar-refractivity contribution in [1.82, 2.24) is 14.5 Å². The first-order valence-electron chi connectivity index (χ1n) is 8.37. The summed E-state index contributed by atoms with van der Waals surface area (Å²) in [5.41, 5.74) is 1.90. The zero-order valence-corrected chi connectivity index (χ0v) is 15.5. The third-order valence-electron chi connectivity index (χ3n) is 4.02. The second-order valence-electron chi connectivity index (χ2n) is 6.59. The Labute approximate surface area is 144 Å². The molecule has 0 spiro atoms. The van der Waals surface area contributed by atoms with E-state index in [1.54, 1.807) is 4.90 Å². The van der Waals surface area contributed by atoms with Gasteiger partial charge in [-0.1, -0.05) is 29.8 Å². The molecule has 0 aromatic heterocycles. The molecule has 1 aromatic carbocycles. The van der Waals surface area contributed by atoms with Crippen molar-refractivity contribution in [1.29, 1.82) is 0 Å². The monoisotopic (exact) mass is 353 g/mol. The predicted molar refractivity (Wildman–Crippen MR) is 95.2 cm³/mol. The fourth-order valence-electron chi connectivity index (χ4n) is 2.70. The number of rotatable bonds is 4. The quantitative estimate of drug-likeness (QED) is 0.899. The summed E-state index contributed by atoms with van der Waals surface area (Å²) in [6.45, 7) is 7.60. The summed E-state index contributed by atoms with van der Waals surface area (Å²) in [5.74, 6) is 0.00543. The number of amides is 2. The minimum Gasteiger partial charge on any atom is -0.336 e. The van der Waals surface area contributed by atoms with E-state index in [2.05, 4.69) is 5.32 Å². The second kappa shape index (κ2) is 7.98. The molecule has 0 saturated carbocycles. The molecule has 1 saturated heterocycles. The van der Waals surface area contributed by atoms with Crippen LogP contribution in [0.3, 0.4) is 0 Å². The van der Waals surface area contributed by atoms with Crippen LogP contribution >= 0.6 is 0 Å². The fraction of sp³-hybridized carbons (Fsp3) is 0.588. The molecule has 0 aliphatic carbocycles. The molecule has 0 bridgehead atoms. The van der Waals surface area contributed by atoms with Gasteiger partial charge < -0.3 is 10.2 Å². The predicted octanol–water partition coefficient (Wildman–Crippen LogP) is 1.95. The van der Waals surface area contributed by atoms with E-state index in [0.717, 1.165) is 11.1 Å². The molecule has 1 aliphatic rings. The van der Waals surface area contributed by atoms with E-state index < -0.39 is 10.0 Å². The molecular weight excluding hydrogens is 326 g/mol. The molecule has 2 amide bonds. The molecule has 1 heterocycles. The van der Waals surface area contributed by atoms with Gasteiger partial charge in [0.2, 0.25) is 10.0 Å². The van der Waals surface area contributed by atoms with E-state index in [9.17, 15) is 13.2 Å². The molecule has 0 radical (unpaired) electrons. The summed E-state index contributed by atoms with van der Waals surface area (Å²) in [5, 5.41) is 2.86. The Kier molecular flexibility index (Phi) is 6.23. The van der Waals surface area contributed by atoms with E-state index in [-0.39, 0.29) is 17.8 Å². The summed E-state index contributed by atoms with van der Waals surface area (Å²) < 4.78 is 26.8. The average Bonchev–Trinajstić information content (AvgIpc) is 2.75. The lowest BCUT2D eigenvalue weighted by molar-refractivity contribution is 0.198. The minimum absolute atomic E-state index is 0.00543. The summed E-state index contributed by atoms with van der Waals surface area (Å²) in [6, 6.07) is 7.50. The molecule has 0 atom stereocenters. The van der Waals surface area contributed by atoms with E-state index in [0.29, 0.717) is 32.6 Å². The molecule has 6 nitrogen and oxygen atoms in total. The molecule has 1 fully saturated rings. The minimum atomic E-state index is -3.37. The van der Waals surface area contributed by atoms with Gasteiger partial charge in [0.25, 0.3) is 0 Å². The third-order valence-corrected chi connectivity index (χ3v) is 5.87. The number of hydrogen-bond acceptors (Lipinski definition) is 3. The molecule has 1 aromatic rings. The number of urea groups is 1. The van der Waals surface area contributed by atoms with Crippen molar-refractivity contribution in [3.05, 3.63) is 35.4 Å². The second-order valence-corrected chi connectivity index (χ2v) is 8.55. The lowest BCUT2D eigenvalue weighted by atomic mass is 10.2. The van der Waals surface area contributed by atoms with E-state index in [1.807, 2.05) is 45.0 Å². The van der Waals surface area contributed by atoms with Crippen LogP contribution in [0.4, 0.5) is 4.79 Å². The van der Waals surface area contributed by atoms with Crippen molar-refractivity contribution < 1.29 is 13.2 Å². The van der Waals surface area contributed by atoms with Crippen molar-refractivity contribution in [3.8, 4) is 0 Å². The fourth-order valence-corrected chi connectivity index (χ4v) is 4.26. The van der Waals surface area contributed by atoms with Crippen molar-refractivity contribution in [3.63, 3.8) is 0 Å². The molecule has 24 heavy (non-hydrogen) atoms. The van der Waals surface area contributed by atoms with Crippen LogP contribution in [0.1, 0.15) is 31.4 Å². The summed E-state index contributed by atoms with van der Waals surface area (Å²) >= 11 is 0. The van der Waals surface area contributed by atoms with Crippen LogP contribution in [0.5, 0.6) is 0 Å². The van der Waals surface area contributed by atoms with Gasteiger partial charge in [-0.2, -0.15) is 4.31 Å². The molecular formula is C17H27N3O3S. The number of carbonyl (C=O) groups is 1. The Morgan fingerprint density at radius 1 is 1.12 bits per heavy atom. The number of nitrogens with one attached hydrogen (secondary N) is 1. The molecule has 2 rings (SSSR count). The first-order valence-corrected chi connectivity index (χ1v) is 9.97. The van der Waals surface area contributed by atoms with Gasteiger partial charge in [-0.25, -0.2) is 13.2 Å². The lowest BCUT2D eigenvalue weighted by Gasteiger charge is -2.23. The highest BCUT2D eigenvalue weighted by molar-refractivity contribution is 7.88. The number of aryl methyl sites for hydroxylation is 1. The maximum absolute atomic E-state index is 12.7. The Hall–Kier alpha value is -1.60. The normalized spacial score (nSPS) is 16.9. The molecule has 0 unspecified atom stereocenters. The van der Waals surface area contributed by atoms with E-state index >= 15 is 0 Å². The molecule has 134 valence electrons. The lowest BCUT2D eigenvalue weighted by Crippen LogP contribution is -2.44. The highest BCUT2D eigenvalue weighted by Gasteiger charge is 2.27. The van der Waals surface area contributed by atoms with Crippen molar-refractivity contribution in [2.24, 2.45) is 0 Å². The Morgan fingerprint density at radius 2 is 1.79 bits per heavy atom. The van der Waals surface area contributed by atoms with Gasteiger partial charge >= 0.3 is 6.03 Å². The van der Waals surface area contributed by atoms with E-state index in [4.69, 9.17) is 0 Å². The van der Waals surface area contributed by atoms with Crippen molar-refractivity contribution >= 4 is 16.1 Å². The van der Waals surface area contributed by atoms with Crippen LogP contribution in [-0.4, -0.2) is 55.9 Å². The zero-order chi connectivity index (χ0) is 17.7. The maximum Gasteiger partial charge on any atom is 0.317 e. The van der Waals surface area contributed by atoms with Gasteiger partial charge in [0.05, 0.1) is 5.75 Å². The number of hydrogen-bond donors (Lipinski definition) is 1. The van der Waals surface area contributed by atoms with E-state index in [1.165, 1.54) is 4.31 Å². The Bertz CT molecular complexity index is 656. The highest BCUT2D eigenvalue weighted by Crippen LogP contribution is 2.14. The van der Waals surface area contributed by atoms with Crippen LogP contribution < -0.4 is 5.32 Å². The van der Waals surface area contributed by atoms with Gasteiger partial charge in [-0.05, 0) is 32.8 Å². The Balaban J connectivity index is 1.99. The van der Waals surface area contributed by atoms with Gasteiger partial charge in [-0.3, -0.25) is 0 Å². The molecule has 7 heteroatoms. The largest absolute Gasteiger partial charge is 0.336 e. The molecule has 1 N–H and O–H groups in total. The Morgan fingerprint density at radius 3 is 2.42 bits per heavy atom. The van der Waals surface area contributed by atoms with Crippen LogP contribution in [0, 0.1) is 6.92 Å². The summed E-state index contributed by atoms with van der Waals surface area (Å²) in [4.78, 5) is 13.8. The van der Waals surface area contributed by atoms with Crippen LogP contribution in [-0.2, 0) is 15.8 Å². The van der Waals surface area contributed by atoms with Gasteiger partial charge in [-0.15, -0.1) is 0 Å². The number of nitrogens with zero attached hydrogens (tertiary/aromatic N) is 2. The SMILES string of the molecule is Cc1ccc(CS(=O)(=O)N2CCCN(C(=O)NC(C)C)CC2)cc1. The highest BCUT2D eigenvalue weighted by atomic mass is 32.2. The van der Waals surface area contributed by atoms with Crippen LogP contribution in [0.2, 0.25) is 0 Å². The maximum atomic E-state index is 12.7. The van der Waals surface area contributed by atoms with Crippen LogP contribution in [0.15, 0.2) is 24.3 Å². The number of benzene rings is 1. The first kappa shape index (κ1) is 18.7. The molecule has 1 aliphatic heterocycles. The average molecular weight is 353 g/mol. The standard InChI is InChI=1S/C17H27N3O3S/c1-14(2)18-17(21)19-9-4-10-20(12-11-19)24(22,23)13-16-7-5-15(3)6-8-16/h5-8,14H,4,9-13H2,1-3H3,(H,18,21). The van der Waals surface area contributed by atoms with Crippen molar-refractivity contribution in [2.45, 2.75) is 39.0 Å². The first-order chi connectivity index (χ1) is 11.3. The number of carbonyl (C=O) groups excluding carboxylic acids is 1. The summed E-state index contributed by atoms with van der Waals surface area (Å²) in [6.07, 6.45) is 0.651. The van der Waals surface area contributed by atoms with Gasteiger partial charge in [0.15, 0.2) is 0 Å². The topological polar surface area (TPSA) is 69.7 Å².